The zero-order valence-electron chi connectivity index (χ0n) is 15.9. The third kappa shape index (κ3) is 4.36. The van der Waals surface area contributed by atoms with Gasteiger partial charge in [-0.2, -0.15) is 9.78 Å². The van der Waals surface area contributed by atoms with Gasteiger partial charge in [-0.05, 0) is 49.7 Å². The van der Waals surface area contributed by atoms with Gasteiger partial charge in [0.15, 0.2) is 0 Å². The van der Waals surface area contributed by atoms with Gasteiger partial charge in [-0.25, -0.2) is 4.98 Å². The van der Waals surface area contributed by atoms with E-state index in [2.05, 4.69) is 43.9 Å². The van der Waals surface area contributed by atoms with Crippen LogP contribution < -0.4 is 10.3 Å². The topological polar surface area (TPSA) is 56.5 Å². The second-order valence-corrected chi connectivity index (χ2v) is 8.25. The van der Waals surface area contributed by atoms with Crippen molar-refractivity contribution < 1.29 is 4.74 Å². The van der Waals surface area contributed by atoms with Gasteiger partial charge in [0.25, 0.3) is 5.56 Å². The van der Waals surface area contributed by atoms with Gasteiger partial charge in [-0.1, -0.05) is 45.7 Å². The Morgan fingerprint density at radius 1 is 1.18 bits per heavy atom. The third-order valence-corrected chi connectivity index (χ3v) is 5.46. The summed E-state index contributed by atoms with van der Waals surface area (Å²) >= 11 is 6.90. The summed E-state index contributed by atoms with van der Waals surface area (Å²) in [5.74, 6) is 1.45. The number of hydrogen-bond acceptors (Lipinski definition) is 4. The number of hydrogen-bond donors (Lipinski definition) is 0. The highest BCUT2D eigenvalue weighted by molar-refractivity contribution is 9.10. The van der Waals surface area contributed by atoms with Crippen LogP contribution in [0.25, 0.3) is 10.9 Å². The van der Waals surface area contributed by atoms with Crippen molar-refractivity contribution in [1.82, 2.24) is 9.66 Å². The molecule has 7 heteroatoms. The van der Waals surface area contributed by atoms with Crippen molar-refractivity contribution in [3.8, 4) is 5.75 Å². The summed E-state index contributed by atoms with van der Waals surface area (Å²) in [6.07, 6.45) is 2.50. The van der Waals surface area contributed by atoms with Crippen LogP contribution in [0.4, 0.5) is 0 Å². The molecule has 0 saturated heterocycles. The molecule has 0 bridgehead atoms. The molecule has 1 atom stereocenters. The van der Waals surface area contributed by atoms with E-state index >= 15 is 0 Å². The first-order valence-electron chi connectivity index (χ1n) is 9.13. The lowest BCUT2D eigenvalue weighted by Crippen LogP contribution is -2.23. The molecule has 2 aromatic carbocycles. The molecular formula is C21H21Br2N3O2. The molecule has 0 N–H and O–H groups in total. The summed E-state index contributed by atoms with van der Waals surface area (Å²) in [6, 6.07) is 11.2. The lowest BCUT2D eigenvalue weighted by molar-refractivity contribution is 0.339. The van der Waals surface area contributed by atoms with E-state index in [9.17, 15) is 4.79 Å². The minimum Gasteiger partial charge on any atom is -0.493 e. The van der Waals surface area contributed by atoms with Crippen LogP contribution in [-0.2, 0) is 0 Å². The van der Waals surface area contributed by atoms with Crippen molar-refractivity contribution in [1.29, 1.82) is 0 Å². The summed E-state index contributed by atoms with van der Waals surface area (Å²) in [6.45, 7) is 6.59. The molecule has 0 spiro atoms. The van der Waals surface area contributed by atoms with E-state index < -0.39 is 0 Å². The maximum Gasteiger partial charge on any atom is 0.282 e. The van der Waals surface area contributed by atoms with E-state index in [-0.39, 0.29) is 11.5 Å². The smallest absolute Gasteiger partial charge is 0.282 e. The molecule has 0 aliphatic heterocycles. The minimum atomic E-state index is -0.189. The lowest BCUT2D eigenvalue weighted by atomic mass is 10.1. The molecule has 146 valence electrons. The third-order valence-electron chi connectivity index (χ3n) is 4.47. The second-order valence-electron chi connectivity index (χ2n) is 6.42. The minimum absolute atomic E-state index is 0.0896. The quantitative estimate of drug-likeness (QED) is 0.402. The first kappa shape index (κ1) is 20.7. The molecule has 0 aliphatic rings. The van der Waals surface area contributed by atoms with Crippen molar-refractivity contribution in [3.63, 3.8) is 0 Å². The van der Waals surface area contributed by atoms with Gasteiger partial charge < -0.3 is 4.74 Å². The Kier molecular flexibility index (Phi) is 6.67. The SMILES string of the molecule is CCOc1ccc(Br)cc1C=Nn1c([C@H](C)CC)nc2ccc(Br)cc2c1=O. The van der Waals surface area contributed by atoms with Gasteiger partial charge in [-0.15, -0.1) is 0 Å². The van der Waals surface area contributed by atoms with Crippen LogP contribution in [-0.4, -0.2) is 22.5 Å². The fraction of sp³-hybridized carbons (Fsp3) is 0.286. The number of halogens is 2. The number of fused-ring (bicyclic) bond motifs is 1. The zero-order chi connectivity index (χ0) is 20.3. The Hall–Kier alpha value is -1.99. The van der Waals surface area contributed by atoms with E-state index in [4.69, 9.17) is 9.72 Å². The molecule has 0 fully saturated rings. The van der Waals surface area contributed by atoms with Gasteiger partial charge in [-0.3, -0.25) is 4.79 Å². The van der Waals surface area contributed by atoms with Crippen LogP contribution in [0, 0.1) is 0 Å². The Morgan fingerprint density at radius 3 is 2.61 bits per heavy atom. The maximum atomic E-state index is 13.2. The number of ether oxygens (including phenoxy) is 1. The summed E-state index contributed by atoms with van der Waals surface area (Å²) in [5, 5.41) is 5.04. The average molecular weight is 507 g/mol. The first-order chi connectivity index (χ1) is 13.4. The molecule has 28 heavy (non-hydrogen) atoms. The van der Waals surface area contributed by atoms with Crippen molar-refractivity contribution >= 4 is 49.0 Å². The zero-order valence-corrected chi connectivity index (χ0v) is 19.1. The molecule has 1 heterocycles. The van der Waals surface area contributed by atoms with E-state index in [1.165, 1.54) is 4.68 Å². The molecule has 0 radical (unpaired) electrons. The van der Waals surface area contributed by atoms with Gasteiger partial charge in [0, 0.05) is 20.4 Å². The number of nitrogens with zero attached hydrogens (tertiary/aromatic N) is 3. The number of rotatable bonds is 6. The van der Waals surface area contributed by atoms with E-state index in [1.54, 1.807) is 12.3 Å². The monoisotopic (exact) mass is 505 g/mol. The van der Waals surface area contributed by atoms with Crippen LogP contribution in [0.15, 0.2) is 55.2 Å². The van der Waals surface area contributed by atoms with E-state index in [0.717, 1.165) is 20.9 Å². The highest BCUT2D eigenvalue weighted by Crippen LogP contribution is 2.23. The highest BCUT2D eigenvalue weighted by atomic mass is 79.9. The Balaban J connectivity index is 2.19. The van der Waals surface area contributed by atoms with Crippen LogP contribution in [0.5, 0.6) is 5.75 Å². The molecule has 3 aromatic rings. The second kappa shape index (κ2) is 9.01. The Bertz CT molecular complexity index is 1090. The molecule has 1 aromatic heterocycles. The van der Waals surface area contributed by atoms with E-state index in [1.807, 2.05) is 44.2 Å². The number of aromatic nitrogens is 2. The predicted octanol–water partition coefficient (Wildman–Crippen LogP) is 5.72. The van der Waals surface area contributed by atoms with Crippen molar-refractivity contribution in [2.75, 3.05) is 6.61 Å². The number of benzene rings is 2. The summed E-state index contributed by atoms with van der Waals surface area (Å²) < 4.78 is 8.82. The fourth-order valence-corrected chi connectivity index (χ4v) is 3.55. The van der Waals surface area contributed by atoms with Crippen LogP contribution in [0.2, 0.25) is 0 Å². The average Bonchev–Trinajstić information content (AvgIpc) is 2.69. The van der Waals surface area contributed by atoms with E-state index in [0.29, 0.717) is 29.1 Å². The molecule has 3 rings (SSSR count). The maximum absolute atomic E-state index is 13.2. The molecular weight excluding hydrogens is 486 g/mol. The van der Waals surface area contributed by atoms with Gasteiger partial charge in [0.05, 0.1) is 23.7 Å². The Morgan fingerprint density at radius 2 is 1.89 bits per heavy atom. The van der Waals surface area contributed by atoms with Crippen molar-refractivity contribution in [2.24, 2.45) is 5.10 Å². The van der Waals surface area contributed by atoms with Gasteiger partial charge >= 0.3 is 0 Å². The molecule has 0 aliphatic carbocycles. The van der Waals surface area contributed by atoms with Crippen LogP contribution in [0.1, 0.15) is 44.5 Å². The standard InChI is InChI=1S/C21H21Br2N3O2/c1-4-13(3)20-25-18-8-6-16(23)11-17(18)21(27)26(20)24-12-14-10-15(22)7-9-19(14)28-5-2/h6-13H,4-5H2,1-3H3/t13-/m1/s1. The molecule has 0 amide bonds. The fourth-order valence-electron chi connectivity index (χ4n) is 2.81. The van der Waals surface area contributed by atoms with Gasteiger partial charge in [0.1, 0.15) is 11.6 Å². The summed E-state index contributed by atoms with van der Waals surface area (Å²) in [7, 11) is 0. The van der Waals surface area contributed by atoms with Crippen molar-refractivity contribution in [3.05, 3.63) is 67.1 Å². The highest BCUT2D eigenvalue weighted by Gasteiger charge is 2.15. The lowest BCUT2D eigenvalue weighted by Gasteiger charge is -2.14. The molecule has 0 saturated carbocycles. The molecule has 0 unspecified atom stereocenters. The normalized spacial score (nSPS) is 12.6. The summed E-state index contributed by atoms with van der Waals surface area (Å²) in [4.78, 5) is 17.9. The first-order valence-corrected chi connectivity index (χ1v) is 10.7. The summed E-state index contributed by atoms with van der Waals surface area (Å²) in [5.41, 5.74) is 1.27. The predicted molar refractivity (Wildman–Crippen MR) is 121 cm³/mol. The van der Waals surface area contributed by atoms with Crippen LogP contribution >= 0.6 is 31.9 Å². The van der Waals surface area contributed by atoms with Gasteiger partial charge in [0.2, 0.25) is 0 Å². The molecule has 5 nitrogen and oxygen atoms in total. The largest absolute Gasteiger partial charge is 0.493 e. The van der Waals surface area contributed by atoms with Crippen LogP contribution in [0.3, 0.4) is 0 Å². The van der Waals surface area contributed by atoms with Crippen molar-refractivity contribution in [2.45, 2.75) is 33.1 Å². The Labute approximate surface area is 180 Å².